The highest BCUT2D eigenvalue weighted by molar-refractivity contribution is 5.98. The summed E-state index contributed by atoms with van der Waals surface area (Å²) >= 11 is 0. The van der Waals surface area contributed by atoms with E-state index in [0.717, 1.165) is 10.8 Å². The van der Waals surface area contributed by atoms with Gasteiger partial charge in [0.1, 0.15) is 0 Å². The van der Waals surface area contributed by atoms with E-state index in [1.807, 2.05) is 24.3 Å². The Morgan fingerprint density at radius 1 is 1.00 bits per heavy atom. The fraction of sp³-hybridized carbons (Fsp3) is 0. The standard InChI is InChI=1S/C11H10N2O/c12-10-4-3-7-1-2-8(11(13)14)5-9(7)6-10/h1-6H,12H2,(H2,13,14). The van der Waals surface area contributed by atoms with Crippen LogP contribution in [0.4, 0.5) is 5.69 Å². The number of amides is 1. The number of nitrogen functional groups attached to an aromatic ring is 1. The predicted octanol–water partition coefficient (Wildman–Crippen LogP) is 1.52. The lowest BCUT2D eigenvalue weighted by atomic mass is 10.1. The van der Waals surface area contributed by atoms with Crippen molar-refractivity contribution in [3.63, 3.8) is 0 Å². The second-order valence-electron chi connectivity index (χ2n) is 3.19. The lowest BCUT2D eigenvalue weighted by Gasteiger charge is -2.01. The fourth-order valence-corrected chi connectivity index (χ4v) is 1.42. The molecule has 0 atom stereocenters. The van der Waals surface area contributed by atoms with Crippen LogP contribution in [-0.4, -0.2) is 5.91 Å². The van der Waals surface area contributed by atoms with Gasteiger partial charge < -0.3 is 11.5 Å². The van der Waals surface area contributed by atoms with Crippen molar-refractivity contribution in [2.75, 3.05) is 5.73 Å². The molecule has 0 aliphatic heterocycles. The van der Waals surface area contributed by atoms with Crippen LogP contribution in [0.2, 0.25) is 0 Å². The maximum atomic E-state index is 10.9. The van der Waals surface area contributed by atoms with Gasteiger partial charge in [0.05, 0.1) is 0 Å². The minimum atomic E-state index is -0.422. The summed E-state index contributed by atoms with van der Waals surface area (Å²) in [4.78, 5) is 10.9. The molecule has 1 amide bonds. The van der Waals surface area contributed by atoms with E-state index in [4.69, 9.17) is 11.5 Å². The number of fused-ring (bicyclic) bond motifs is 1. The molecular weight excluding hydrogens is 176 g/mol. The first-order valence-electron chi connectivity index (χ1n) is 4.26. The molecule has 0 bridgehead atoms. The van der Waals surface area contributed by atoms with Crippen molar-refractivity contribution in [1.29, 1.82) is 0 Å². The number of primary amides is 1. The van der Waals surface area contributed by atoms with Gasteiger partial charge in [0.15, 0.2) is 0 Å². The molecular formula is C11H10N2O. The molecule has 3 nitrogen and oxygen atoms in total. The first-order valence-corrected chi connectivity index (χ1v) is 4.26. The predicted molar refractivity (Wildman–Crippen MR) is 56.9 cm³/mol. The average Bonchev–Trinajstić information content (AvgIpc) is 2.16. The number of nitrogens with two attached hydrogens (primary N) is 2. The van der Waals surface area contributed by atoms with Crippen LogP contribution in [0.3, 0.4) is 0 Å². The van der Waals surface area contributed by atoms with Gasteiger partial charge in [0.2, 0.25) is 5.91 Å². The highest BCUT2D eigenvalue weighted by atomic mass is 16.1. The first-order chi connectivity index (χ1) is 6.66. The molecule has 14 heavy (non-hydrogen) atoms. The minimum Gasteiger partial charge on any atom is -0.399 e. The number of carbonyl (C=O) groups is 1. The number of anilines is 1. The molecule has 0 radical (unpaired) electrons. The summed E-state index contributed by atoms with van der Waals surface area (Å²) < 4.78 is 0. The maximum absolute atomic E-state index is 10.9. The van der Waals surface area contributed by atoms with Gasteiger partial charge in [-0.15, -0.1) is 0 Å². The summed E-state index contributed by atoms with van der Waals surface area (Å²) in [6.07, 6.45) is 0. The van der Waals surface area contributed by atoms with Gasteiger partial charge in [0.25, 0.3) is 0 Å². The second-order valence-corrected chi connectivity index (χ2v) is 3.19. The van der Waals surface area contributed by atoms with Gasteiger partial charge in [-0.3, -0.25) is 4.79 Å². The molecule has 0 aliphatic carbocycles. The molecule has 0 unspecified atom stereocenters. The summed E-state index contributed by atoms with van der Waals surface area (Å²) in [6.45, 7) is 0. The van der Waals surface area contributed by atoms with E-state index >= 15 is 0 Å². The number of rotatable bonds is 1. The molecule has 0 aliphatic rings. The fourth-order valence-electron chi connectivity index (χ4n) is 1.42. The van der Waals surface area contributed by atoms with Gasteiger partial charge in [-0.05, 0) is 35.0 Å². The van der Waals surface area contributed by atoms with Crippen LogP contribution in [0.1, 0.15) is 10.4 Å². The van der Waals surface area contributed by atoms with E-state index in [2.05, 4.69) is 0 Å². The monoisotopic (exact) mass is 186 g/mol. The highest BCUT2D eigenvalue weighted by Gasteiger charge is 2.01. The molecule has 0 heterocycles. The smallest absolute Gasteiger partial charge is 0.248 e. The summed E-state index contributed by atoms with van der Waals surface area (Å²) in [7, 11) is 0. The van der Waals surface area contributed by atoms with Crippen molar-refractivity contribution in [2.24, 2.45) is 5.73 Å². The van der Waals surface area contributed by atoms with Crippen molar-refractivity contribution in [3.8, 4) is 0 Å². The Kier molecular flexibility index (Phi) is 1.85. The molecule has 0 spiro atoms. The van der Waals surface area contributed by atoms with Crippen LogP contribution in [0.25, 0.3) is 10.8 Å². The van der Waals surface area contributed by atoms with Gasteiger partial charge in [0, 0.05) is 11.3 Å². The number of hydrogen-bond acceptors (Lipinski definition) is 2. The topological polar surface area (TPSA) is 69.1 Å². The quantitative estimate of drug-likeness (QED) is 0.663. The lowest BCUT2D eigenvalue weighted by Crippen LogP contribution is -2.10. The summed E-state index contributed by atoms with van der Waals surface area (Å²) in [5.41, 5.74) is 12.0. The Morgan fingerprint density at radius 2 is 1.71 bits per heavy atom. The Morgan fingerprint density at radius 3 is 2.43 bits per heavy atom. The van der Waals surface area contributed by atoms with Crippen LogP contribution in [0.5, 0.6) is 0 Å². The molecule has 0 saturated carbocycles. The number of benzene rings is 2. The molecule has 2 rings (SSSR count). The van der Waals surface area contributed by atoms with E-state index in [1.165, 1.54) is 0 Å². The minimum absolute atomic E-state index is 0.422. The third-order valence-corrected chi connectivity index (χ3v) is 2.15. The molecule has 70 valence electrons. The van der Waals surface area contributed by atoms with E-state index < -0.39 is 5.91 Å². The van der Waals surface area contributed by atoms with Crippen molar-refractivity contribution in [3.05, 3.63) is 42.0 Å². The van der Waals surface area contributed by atoms with Gasteiger partial charge in [-0.1, -0.05) is 12.1 Å². The Balaban J connectivity index is 2.69. The van der Waals surface area contributed by atoms with Crippen LogP contribution in [0.15, 0.2) is 36.4 Å². The van der Waals surface area contributed by atoms with Crippen LogP contribution in [-0.2, 0) is 0 Å². The summed E-state index contributed by atoms with van der Waals surface area (Å²) in [5.74, 6) is -0.422. The summed E-state index contributed by atoms with van der Waals surface area (Å²) in [5, 5.41) is 1.98. The lowest BCUT2D eigenvalue weighted by molar-refractivity contribution is 0.100. The Bertz CT molecular complexity index is 506. The highest BCUT2D eigenvalue weighted by Crippen LogP contribution is 2.18. The molecule has 2 aromatic carbocycles. The van der Waals surface area contributed by atoms with Crippen LogP contribution in [0, 0.1) is 0 Å². The van der Waals surface area contributed by atoms with Gasteiger partial charge in [-0.25, -0.2) is 0 Å². The van der Waals surface area contributed by atoms with Crippen molar-refractivity contribution in [1.82, 2.24) is 0 Å². The molecule has 0 aromatic heterocycles. The van der Waals surface area contributed by atoms with E-state index in [9.17, 15) is 4.79 Å². The van der Waals surface area contributed by atoms with Crippen LogP contribution >= 0.6 is 0 Å². The molecule has 0 saturated heterocycles. The first kappa shape index (κ1) is 8.56. The number of hydrogen-bond donors (Lipinski definition) is 2. The molecule has 4 N–H and O–H groups in total. The van der Waals surface area contributed by atoms with Crippen molar-refractivity contribution in [2.45, 2.75) is 0 Å². The third-order valence-electron chi connectivity index (χ3n) is 2.15. The largest absolute Gasteiger partial charge is 0.399 e. The SMILES string of the molecule is NC(=O)c1ccc2ccc(N)cc2c1. The van der Waals surface area contributed by atoms with E-state index in [1.54, 1.807) is 12.1 Å². The normalized spacial score (nSPS) is 10.3. The zero-order valence-electron chi connectivity index (χ0n) is 7.53. The molecule has 0 fully saturated rings. The average molecular weight is 186 g/mol. The Labute approximate surface area is 81.3 Å². The van der Waals surface area contributed by atoms with E-state index in [0.29, 0.717) is 11.3 Å². The molecule has 3 heteroatoms. The zero-order chi connectivity index (χ0) is 10.1. The van der Waals surface area contributed by atoms with Crippen molar-refractivity contribution >= 4 is 22.4 Å². The van der Waals surface area contributed by atoms with E-state index in [-0.39, 0.29) is 0 Å². The molecule has 2 aromatic rings. The maximum Gasteiger partial charge on any atom is 0.248 e. The number of carbonyl (C=O) groups excluding carboxylic acids is 1. The van der Waals surface area contributed by atoms with Gasteiger partial charge in [-0.2, -0.15) is 0 Å². The Hall–Kier alpha value is -2.03. The van der Waals surface area contributed by atoms with Crippen LogP contribution < -0.4 is 11.5 Å². The van der Waals surface area contributed by atoms with Crippen molar-refractivity contribution < 1.29 is 4.79 Å². The zero-order valence-corrected chi connectivity index (χ0v) is 7.53. The van der Waals surface area contributed by atoms with Gasteiger partial charge >= 0.3 is 0 Å². The summed E-state index contributed by atoms with van der Waals surface area (Å²) in [6, 6.07) is 10.9. The second kappa shape index (κ2) is 3.03. The third kappa shape index (κ3) is 1.40.